The van der Waals surface area contributed by atoms with Gasteiger partial charge in [-0.15, -0.1) is 0 Å². The van der Waals surface area contributed by atoms with Crippen LogP contribution in [-0.2, 0) is 9.59 Å². The summed E-state index contributed by atoms with van der Waals surface area (Å²) in [5.74, 6) is 6.15. The molecule has 0 aliphatic rings. The lowest BCUT2D eigenvalue weighted by Crippen LogP contribution is -2.36. The number of amides is 5. The van der Waals surface area contributed by atoms with Crippen LogP contribution in [0.3, 0.4) is 0 Å². The van der Waals surface area contributed by atoms with E-state index < -0.39 is 29.4 Å². The fourth-order valence-electron chi connectivity index (χ4n) is 3.66. The Labute approximate surface area is 252 Å². The number of carbonyl (C=O) groups is 6. The molecule has 0 aliphatic heterocycles. The van der Waals surface area contributed by atoms with Gasteiger partial charge in [-0.3, -0.25) is 34.8 Å². The van der Waals surface area contributed by atoms with Gasteiger partial charge in [-0.25, -0.2) is 16.5 Å². The minimum absolute atomic E-state index is 0.127. The number of para-hydroxylation sites is 1. The minimum atomic E-state index is -0.925. The van der Waals surface area contributed by atoms with Crippen LogP contribution >= 0.6 is 0 Å². The highest BCUT2D eigenvalue weighted by Crippen LogP contribution is 2.16. The monoisotopic (exact) mass is 595 g/mol. The number of nitrogens with one attached hydrogen (secondary N) is 5. The van der Waals surface area contributed by atoms with Crippen LogP contribution in [0.5, 0.6) is 0 Å². The number of ketones is 2. The van der Waals surface area contributed by atoms with Crippen LogP contribution in [0, 0.1) is 6.92 Å². The second-order valence-electron chi connectivity index (χ2n) is 8.98. The average molecular weight is 596 g/mol. The predicted octanol–water partition coefficient (Wildman–Crippen LogP) is 2.92. The molecule has 4 aromatic rings. The van der Waals surface area contributed by atoms with Crippen LogP contribution < -0.4 is 38.5 Å². The van der Waals surface area contributed by atoms with Crippen LogP contribution in [0.25, 0.3) is 0 Å². The molecule has 13 heteroatoms. The number of aryl methyl sites for hydroxylation is 1. The van der Waals surface area contributed by atoms with Crippen molar-refractivity contribution < 1.29 is 28.8 Å². The molecule has 0 saturated heterocycles. The average Bonchev–Trinajstić information content (AvgIpc) is 3.05. The molecule has 0 unspecified atom stereocenters. The van der Waals surface area contributed by atoms with Gasteiger partial charge < -0.3 is 16.0 Å². The molecule has 4 rings (SSSR count). The number of hydrazine groups is 2. The topological polar surface area (TPSA) is 215 Å². The first-order valence-corrected chi connectivity index (χ1v) is 12.9. The third-order valence-corrected chi connectivity index (χ3v) is 5.87. The molecule has 13 nitrogen and oxygen atoms in total. The highest BCUT2D eigenvalue weighted by Gasteiger charge is 2.16. The lowest BCUT2D eigenvalue weighted by atomic mass is 10.1. The molecule has 5 amide bonds. The Hall–Kier alpha value is -6.18. The maximum Gasteiger partial charge on any atom is 0.323 e. The molecule has 0 atom stereocenters. The van der Waals surface area contributed by atoms with Crippen molar-refractivity contribution in [2.75, 3.05) is 16.0 Å². The zero-order valence-corrected chi connectivity index (χ0v) is 23.4. The van der Waals surface area contributed by atoms with Crippen molar-refractivity contribution in [3.8, 4) is 0 Å². The summed E-state index contributed by atoms with van der Waals surface area (Å²) in [5.41, 5.74) is 6.71. The van der Waals surface area contributed by atoms with Gasteiger partial charge in [0.2, 0.25) is 0 Å². The number of anilines is 3. The number of carbonyl (C=O) groups excluding carboxylic acids is 6. The van der Waals surface area contributed by atoms with Crippen LogP contribution in [0.2, 0.25) is 0 Å². The molecular formula is C31H29N7O6. The van der Waals surface area contributed by atoms with Gasteiger partial charge in [-0.1, -0.05) is 60.7 Å². The van der Waals surface area contributed by atoms with Crippen LogP contribution in [0.4, 0.5) is 21.9 Å². The third-order valence-electron chi connectivity index (χ3n) is 5.87. The molecule has 0 aliphatic carbocycles. The fourth-order valence-corrected chi connectivity index (χ4v) is 3.66. The molecule has 0 bridgehead atoms. The molecule has 0 spiro atoms. The Morgan fingerprint density at radius 1 is 0.523 bits per heavy atom. The molecule has 224 valence electrons. The molecular weight excluding hydrogens is 566 g/mol. The first-order valence-electron chi connectivity index (χ1n) is 12.9. The summed E-state index contributed by atoms with van der Waals surface area (Å²) < 4.78 is 0. The molecule has 0 aromatic heterocycles. The molecule has 4 aromatic carbocycles. The molecule has 9 N–H and O–H groups in total. The summed E-state index contributed by atoms with van der Waals surface area (Å²) in [6, 6.07) is 27.6. The van der Waals surface area contributed by atoms with Gasteiger partial charge in [0.05, 0.1) is 0 Å². The highest BCUT2D eigenvalue weighted by molar-refractivity contribution is 6.43. The maximum atomic E-state index is 12.0. The van der Waals surface area contributed by atoms with E-state index in [-0.39, 0.29) is 17.0 Å². The van der Waals surface area contributed by atoms with Crippen LogP contribution in [0.1, 0.15) is 36.6 Å². The van der Waals surface area contributed by atoms with Crippen LogP contribution in [0.15, 0.2) is 103 Å². The quantitative estimate of drug-likeness (QED) is 0.0527. The van der Waals surface area contributed by atoms with Gasteiger partial charge in [-0.05, 0) is 55.0 Å². The first kappa shape index (κ1) is 32.3. The second kappa shape index (κ2) is 15.7. The van der Waals surface area contributed by atoms with Gasteiger partial charge in [-0.2, -0.15) is 0 Å². The second-order valence-corrected chi connectivity index (χ2v) is 8.98. The van der Waals surface area contributed by atoms with Gasteiger partial charge in [0.15, 0.2) is 0 Å². The van der Waals surface area contributed by atoms with Crippen molar-refractivity contribution in [2.24, 2.45) is 11.7 Å². The van der Waals surface area contributed by atoms with Crippen molar-refractivity contribution in [3.63, 3.8) is 0 Å². The Morgan fingerprint density at radius 3 is 1.52 bits per heavy atom. The Bertz CT molecular complexity index is 1690. The number of rotatable bonds is 8. The summed E-state index contributed by atoms with van der Waals surface area (Å²) in [6.07, 6.45) is 0. The van der Waals surface area contributed by atoms with Crippen molar-refractivity contribution in [1.29, 1.82) is 0 Å². The standard InChI is InChI=1S/C16H16N4O3.C15H13N3O3/c1-10-5-2-3-8-13(10)19-16(23)18-12-7-4-6-11(9-12)14(21)15(22)20-17;16-18-15(21)13(19)11-7-4-8-12(9-11)17-14(20)10-5-2-1-3-6-10/h2-9H,17H2,1H3,(H,20,22)(H2,18,19,23);1-9H,16H2,(H,17,20)(H,18,21). The van der Waals surface area contributed by atoms with E-state index in [1.807, 2.05) is 31.2 Å². The number of nitrogens with two attached hydrogens (primary N) is 2. The SMILES string of the molecule is Cc1ccccc1NC(=O)Nc1cccc(C(=O)C(=O)NN)c1.NNC(=O)C(=O)c1cccc(NC(=O)c2ccccc2)c1. The number of hydrogen-bond acceptors (Lipinski definition) is 8. The largest absolute Gasteiger partial charge is 0.323 e. The Morgan fingerprint density at radius 2 is 1.00 bits per heavy atom. The van der Waals surface area contributed by atoms with Crippen molar-refractivity contribution in [2.45, 2.75) is 6.92 Å². The molecule has 44 heavy (non-hydrogen) atoms. The zero-order chi connectivity index (χ0) is 32.1. The van der Waals surface area contributed by atoms with Crippen molar-refractivity contribution >= 4 is 52.4 Å². The Kier molecular flexibility index (Phi) is 11.6. The predicted molar refractivity (Wildman–Crippen MR) is 164 cm³/mol. The van der Waals surface area contributed by atoms with Gasteiger partial charge >= 0.3 is 17.8 Å². The zero-order valence-electron chi connectivity index (χ0n) is 23.4. The van der Waals surface area contributed by atoms with Gasteiger partial charge in [0.25, 0.3) is 17.5 Å². The van der Waals surface area contributed by atoms with Gasteiger partial charge in [0, 0.05) is 33.8 Å². The fraction of sp³-hybridized carbons (Fsp3) is 0.0323. The number of hydrogen-bond donors (Lipinski definition) is 7. The minimum Gasteiger partial charge on any atom is -0.322 e. The number of Topliss-reactive ketones (excluding diaryl/α,β-unsaturated/α-hetero) is 2. The van der Waals surface area contributed by atoms with Gasteiger partial charge in [0.1, 0.15) is 0 Å². The lowest BCUT2D eigenvalue weighted by molar-refractivity contribution is -0.117. The maximum absolute atomic E-state index is 12.0. The lowest BCUT2D eigenvalue weighted by Gasteiger charge is -2.10. The number of benzene rings is 4. The first-order chi connectivity index (χ1) is 21.1. The molecule has 0 fully saturated rings. The van der Waals surface area contributed by atoms with Crippen molar-refractivity contribution in [3.05, 3.63) is 125 Å². The summed E-state index contributed by atoms with van der Waals surface area (Å²) in [6.45, 7) is 1.88. The van der Waals surface area contributed by atoms with E-state index >= 15 is 0 Å². The van der Waals surface area contributed by atoms with E-state index in [1.54, 1.807) is 65.4 Å². The van der Waals surface area contributed by atoms with E-state index in [1.165, 1.54) is 24.3 Å². The van der Waals surface area contributed by atoms with E-state index in [9.17, 15) is 28.8 Å². The highest BCUT2D eigenvalue weighted by atomic mass is 16.2. The van der Waals surface area contributed by atoms with E-state index in [4.69, 9.17) is 11.7 Å². The Balaban J connectivity index is 0.000000241. The van der Waals surface area contributed by atoms with Crippen LogP contribution in [-0.4, -0.2) is 35.3 Å². The van der Waals surface area contributed by atoms with E-state index in [0.717, 1.165) is 5.56 Å². The van der Waals surface area contributed by atoms with Crippen molar-refractivity contribution in [1.82, 2.24) is 10.9 Å². The molecule has 0 radical (unpaired) electrons. The summed E-state index contributed by atoms with van der Waals surface area (Å²) in [5, 5.41) is 7.97. The normalized spacial score (nSPS) is 9.80. The summed E-state index contributed by atoms with van der Waals surface area (Å²) in [7, 11) is 0. The molecule has 0 heterocycles. The van der Waals surface area contributed by atoms with E-state index in [0.29, 0.717) is 22.6 Å². The smallest absolute Gasteiger partial charge is 0.322 e. The molecule has 0 saturated carbocycles. The number of urea groups is 1. The van der Waals surface area contributed by atoms with E-state index in [2.05, 4.69) is 16.0 Å². The summed E-state index contributed by atoms with van der Waals surface area (Å²) >= 11 is 0. The summed E-state index contributed by atoms with van der Waals surface area (Å²) in [4.78, 5) is 69.8. The third kappa shape index (κ3) is 9.17.